The van der Waals surface area contributed by atoms with Gasteiger partial charge < -0.3 is 9.47 Å². The Morgan fingerprint density at radius 1 is 1.42 bits per heavy atom. The molecule has 0 aromatic heterocycles. The smallest absolute Gasteiger partial charge is 0.0755 e. The zero-order chi connectivity index (χ0) is 8.65. The second-order valence-electron chi connectivity index (χ2n) is 3.11. The van der Waals surface area contributed by atoms with Crippen LogP contribution < -0.4 is 0 Å². The van der Waals surface area contributed by atoms with Crippen LogP contribution in [0.1, 0.15) is 25.7 Å². The zero-order valence-corrected chi connectivity index (χ0v) is 7.79. The van der Waals surface area contributed by atoms with Gasteiger partial charge >= 0.3 is 0 Å². The van der Waals surface area contributed by atoms with Crippen LogP contribution in [-0.4, -0.2) is 26.4 Å². The van der Waals surface area contributed by atoms with Crippen molar-refractivity contribution >= 4 is 0 Å². The number of rotatable bonds is 5. The highest BCUT2D eigenvalue weighted by Gasteiger charge is 2.07. The molecule has 1 aliphatic carbocycles. The lowest BCUT2D eigenvalue weighted by Gasteiger charge is -2.16. The van der Waals surface area contributed by atoms with Crippen molar-refractivity contribution < 1.29 is 9.47 Å². The van der Waals surface area contributed by atoms with Gasteiger partial charge in [0.1, 0.15) is 0 Å². The molecule has 0 radical (unpaired) electrons. The van der Waals surface area contributed by atoms with Gasteiger partial charge in [-0.25, -0.2) is 0 Å². The van der Waals surface area contributed by atoms with Crippen LogP contribution in [0.4, 0.5) is 0 Å². The Morgan fingerprint density at radius 3 is 3.00 bits per heavy atom. The third-order valence-corrected chi connectivity index (χ3v) is 2.03. The number of allylic oxidation sites excluding steroid dienone is 1. The molecule has 2 nitrogen and oxygen atoms in total. The summed E-state index contributed by atoms with van der Waals surface area (Å²) in [4.78, 5) is 0. The van der Waals surface area contributed by atoms with Crippen LogP contribution in [0.3, 0.4) is 0 Å². The van der Waals surface area contributed by atoms with Gasteiger partial charge in [0.2, 0.25) is 0 Å². The Labute approximate surface area is 74.6 Å². The van der Waals surface area contributed by atoms with E-state index < -0.39 is 0 Å². The standard InChI is InChI=1S/C10H18O2/c1-11-8-5-9-12-10-6-3-2-4-7-10/h3,6,10H,2,4-5,7-9H2,1H3. The molecule has 1 unspecified atom stereocenters. The van der Waals surface area contributed by atoms with Crippen molar-refractivity contribution in [2.45, 2.75) is 31.8 Å². The van der Waals surface area contributed by atoms with E-state index >= 15 is 0 Å². The predicted octanol–water partition coefficient (Wildman–Crippen LogP) is 2.15. The molecule has 1 aliphatic rings. The van der Waals surface area contributed by atoms with Gasteiger partial charge in [0, 0.05) is 20.3 Å². The van der Waals surface area contributed by atoms with Crippen LogP contribution in [0.2, 0.25) is 0 Å². The van der Waals surface area contributed by atoms with Crippen LogP contribution in [0.15, 0.2) is 12.2 Å². The van der Waals surface area contributed by atoms with E-state index in [1.165, 1.54) is 19.3 Å². The summed E-state index contributed by atoms with van der Waals surface area (Å²) in [5.41, 5.74) is 0. The summed E-state index contributed by atoms with van der Waals surface area (Å²) in [6, 6.07) is 0. The van der Waals surface area contributed by atoms with Crippen molar-refractivity contribution in [2.24, 2.45) is 0 Å². The molecule has 2 heteroatoms. The minimum Gasteiger partial charge on any atom is -0.385 e. The Hall–Kier alpha value is -0.340. The lowest BCUT2D eigenvalue weighted by molar-refractivity contribution is 0.0584. The van der Waals surface area contributed by atoms with Gasteiger partial charge in [-0.3, -0.25) is 0 Å². The van der Waals surface area contributed by atoms with Crippen LogP contribution in [-0.2, 0) is 9.47 Å². The molecule has 1 rings (SSSR count). The van der Waals surface area contributed by atoms with E-state index in [2.05, 4.69) is 12.2 Å². The molecule has 0 aromatic rings. The first kappa shape index (κ1) is 9.75. The third kappa shape index (κ3) is 3.88. The summed E-state index contributed by atoms with van der Waals surface area (Å²) < 4.78 is 10.6. The second-order valence-corrected chi connectivity index (χ2v) is 3.11. The number of methoxy groups -OCH3 is 1. The van der Waals surface area contributed by atoms with Crippen LogP contribution in [0.25, 0.3) is 0 Å². The molecule has 0 spiro atoms. The second kappa shape index (κ2) is 6.21. The molecule has 0 aliphatic heterocycles. The molecule has 70 valence electrons. The summed E-state index contributed by atoms with van der Waals surface area (Å²) in [7, 11) is 1.72. The fraction of sp³-hybridized carbons (Fsp3) is 0.800. The Morgan fingerprint density at radius 2 is 2.33 bits per heavy atom. The molecule has 0 bridgehead atoms. The van der Waals surface area contributed by atoms with Gasteiger partial charge in [-0.15, -0.1) is 0 Å². The van der Waals surface area contributed by atoms with Gasteiger partial charge in [0.05, 0.1) is 6.10 Å². The molecule has 0 heterocycles. The average Bonchev–Trinajstić information content (AvgIpc) is 2.14. The van der Waals surface area contributed by atoms with Gasteiger partial charge in [0.25, 0.3) is 0 Å². The molecule has 0 N–H and O–H groups in total. The quantitative estimate of drug-likeness (QED) is 0.465. The van der Waals surface area contributed by atoms with Crippen LogP contribution in [0.5, 0.6) is 0 Å². The van der Waals surface area contributed by atoms with Crippen molar-refractivity contribution in [3.63, 3.8) is 0 Å². The van der Waals surface area contributed by atoms with Gasteiger partial charge in [0.15, 0.2) is 0 Å². The van der Waals surface area contributed by atoms with E-state index in [0.717, 1.165) is 19.6 Å². The van der Waals surface area contributed by atoms with E-state index in [4.69, 9.17) is 9.47 Å². The molecule has 0 saturated heterocycles. The maximum atomic E-state index is 5.62. The topological polar surface area (TPSA) is 18.5 Å². The minimum absolute atomic E-state index is 0.371. The first-order valence-electron chi connectivity index (χ1n) is 4.70. The largest absolute Gasteiger partial charge is 0.385 e. The summed E-state index contributed by atoms with van der Waals surface area (Å²) in [6.45, 7) is 1.62. The van der Waals surface area contributed by atoms with E-state index in [1.807, 2.05) is 0 Å². The van der Waals surface area contributed by atoms with Gasteiger partial charge in [-0.05, 0) is 25.7 Å². The maximum absolute atomic E-state index is 5.62. The number of ether oxygens (including phenoxy) is 2. The van der Waals surface area contributed by atoms with Crippen LogP contribution in [0, 0.1) is 0 Å². The van der Waals surface area contributed by atoms with Crippen molar-refractivity contribution in [3.05, 3.63) is 12.2 Å². The van der Waals surface area contributed by atoms with Gasteiger partial charge in [-0.2, -0.15) is 0 Å². The average molecular weight is 170 g/mol. The highest BCUT2D eigenvalue weighted by Crippen LogP contribution is 2.13. The van der Waals surface area contributed by atoms with Crippen molar-refractivity contribution in [1.29, 1.82) is 0 Å². The molecule has 0 amide bonds. The SMILES string of the molecule is COCCCOC1C=CCCC1. The number of hydrogen-bond donors (Lipinski definition) is 0. The summed E-state index contributed by atoms with van der Waals surface area (Å²) >= 11 is 0. The van der Waals surface area contributed by atoms with E-state index in [1.54, 1.807) is 7.11 Å². The summed E-state index contributed by atoms with van der Waals surface area (Å²) in [5.74, 6) is 0. The zero-order valence-electron chi connectivity index (χ0n) is 7.79. The molecule has 0 aromatic carbocycles. The van der Waals surface area contributed by atoms with Crippen molar-refractivity contribution in [3.8, 4) is 0 Å². The molecule has 12 heavy (non-hydrogen) atoms. The van der Waals surface area contributed by atoms with Crippen LogP contribution >= 0.6 is 0 Å². The third-order valence-electron chi connectivity index (χ3n) is 2.03. The molecular formula is C10H18O2. The molecule has 0 fully saturated rings. The Kier molecular flexibility index (Phi) is 5.04. The first-order chi connectivity index (χ1) is 5.93. The monoisotopic (exact) mass is 170 g/mol. The molecule has 0 saturated carbocycles. The predicted molar refractivity (Wildman–Crippen MR) is 49.2 cm³/mol. The maximum Gasteiger partial charge on any atom is 0.0755 e. The fourth-order valence-corrected chi connectivity index (χ4v) is 1.36. The van der Waals surface area contributed by atoms with Crippen molar-refractivity contribution in [2.75, 3.05) is 20.3 Å². The highest BCUT2D eigenvalue weighted by atomic mass is 16.5. The van der Waals surface area contributed by atoms with Crippen molar-refractivity contribution in [1.82, 2.24) is 0 Å². The normalized spacial score (nSPS) is 22.9. The lowest BCUT2D eigenvalue weighted by Crippen LogP contribution is -2.13. The molecular weight excluding hydrogens is 152 g/mol. The lowest BCUT2D eigenvalue weighted by atomic mass is 10.1. The Bertz CT molecular complexity index is 132. The molecule has 1 atom stereocenters. The van der Waals surface area contributed by atoms with E-state index in [9.17, 15) is 0 Å². The fourth-order valence-electron chi connectivity index (χ4n) is 1.36. The minimum atomic E-state index is 0.371. The first-order valence-corrected chi connectivity index (χ1v) is 4.70. The summed E-state index contributed by atoms with van der Waals surface area (Å²) in [5, 5.41) is 0. The Balaban J connectivity index is 1.98. The number of hydrogen-bond acceptors (Lipinski definition) is 2. The van der Waals surface area contributed by atoms with Gasteiger partial charge in [-0.1, -0.05) is 12.2 Å². The van der Waals surface area contributed by atoms with E-state index in [-0.39, 0.29) is 0 Å². The summed E-state index contributed by atoms with van der Waals surface area (Å²) in [6.07, 6.45) is 9.43. The highest BCUT2D eigenvalue weighted by molar-refractivity contribution is 4.93. The van der Waals surface area contributed by atoms with E-state index in [0.29, 0.717) is 6.10 Å².